The molecule has 0 atom stereocenters. The Kier molecular flexibility index (Phi) is 10.8. The Morgan fingerprint density at radius 1 is 1.16 bits per heavy atom. The van der Waals surface area contributed by atoms with E-state index in [1.807, 2.05) is 61.2 Å². The van der Waals surface area contributed by atoms with Crippen LogP contribution in [-0.4, -0.2) is 66.3 Å². The first-order valence-electron chi connectivity index (χ1n) is 11.2. The largest absolute Gasteiger partial charge is 0.366 e. The summed E-state index contributed by atoms with van der Waals surface area (Å²) in [5, 5.41) is 12.7. The Morgan fingerprint density at radius 2 is 1.91 bits per heavy atom. The van der Waals surface area contributed by atoms with Crippen LogP contribution in [0.15, 0.2) is 54.2 Å². The van der Waals surface area contributed by atoms with Gasteiger partial charge in [-0.05, 0) is 29.7 Å². The Hall–Kier alpha value is -2.80. The van der Waals surface area contributed by atoms with Gasteiger partial charge in [0.2, 0.25) is 6.41 Å². The second-order valence-electron chi connectivity index (χ2n) is 7.35. The van der Waals surface area contributed by atoms with E-state index in [9.17, 15) is 9.59 Å². The van der Waals surface area contributed by atoms with Crippen LogP contribution in [0.1, 0.15) is 37.0 Å². The molecule has 2 N–H and O–H groups in total. The SMILES string of the molecule is CC.N=C(CS)CN1CCN(C(=O)c2cccc3ccccc23)C/C1=C/CCCNC=O. The molecule has 1 heterocycles. The number of nitrogens with zero attached hydrogens (tertiary/aromatic N) is 2. The van der Waals surface area contributed by atoms with E-state index in [0.29, 0.717) is 50.6 Å². The molecular formula is C25H34N4O2S. The number of amides is 2. The second-order valence-corrected chi connectivity index (χ2v) is 7.66. The number of carbonyl (C=O) groups is 2. The minimum atomic E-state index is 0.0317. The average molecular weight is 455 g/mol. The molecule has 0 aliphatic carbocycles. The van der Waals surface area contributed by atoms with E-state index in [-0.39, 0.29) is 5.91 Å². The zero-order chi connectivity index (χ0) is 23.3. The number of rotatable bonds is 9. The topological polar surface area (TPSA) is 76.5 Å². The maximum absolute atomic E-state index is 13.3. The molecule has 7 heteroatoms. The zero-order valence-corrected chi connectivity index (χ0v) is 19.9. The summed E-state index contributed by atoms with van der Waals surface area (Å²) in [6.45, 7) is 6.97. The van der Waals surface area contributed by atoms with Gasteiger partial charge in [-0.15, -0.1) is 0 Å². The van der Waals surface area contributed by atoms with E-state index < -0.39 is 0 Å². The molecular weight excluding hydrogens is 420 g/mol. The van der Waals surface area contributed by atoms with Crippen LogP contribution in [-0.2, 0) is 4.79 Å². The Bertz CT molecular complexity index is 939. The lowest BCUT2D eigenvalue weighted by Crippen LogP contribution is -2.48. The fourth-order valence-electron chi connectivity index (χ4n) is 3.70. The molecule has 0 saturated carbocycles. The Labute approximate surface area is 196 Å². The van der Waals surface area contributed by atoms with Gasteiger partial charge in [0.1, 0.15) is 0 Å². The number of hydrogen-bond donors (Lipinski definition) is 3. The summed E-state index contributed by atoms with van der Waals surface area (Å²) < 4.78 is 0. The minimum Gasteiger partial charge on any atom is -0.366 e. The first-order chi connectivity index (χ1) is 15.6. The molecule has 0 spiro atoms. The van der Waals surface area contributed by atoms with Crippen molar-refractivity contribution in [3.05, 3.63) is 59.8 Å². The van der Waals surface area contributed by atoms with Crippen molar-refractivity contribution in [3.8, 4) is 0 Å². The van der Waals surface area contributed by atoms with Gasteiger partial charge >= 0.3 is 0 Å². The van der Waals surface area contributed by atoms with Crippen molar-refractivity contribution in [2.45, 2.75) is 26.7 Å². The number of piperazine rings is 1. The first kappa shape index (κ1) is 25.5. The normalized spacial score (nSPS) is 14.7. The standard InChI is InChI=1S/C23H28N4O2S.C2H6/c24-19(16-30)14-26-12-13-27(15-20(26)8-3-4-11-25-17-28)23(29)22-10-5-7-18-6-1-2-9-21(18)22;1-2/h1-2,5-10,17,24,30H,3-4,11-16H2,(H,25,28);1-2H3/b20-8-,24-19?;. The second kappa shape index (κ2) is 13.6. The lowest BCUT2D eigenvalue weighted by Gasteiger charge is -2.38. The third-order valence-electron chi connectivity index (χ3n) is 5.27. The van der Waals surface area contributed by atoms with Crippen molar-refractivity contribution in [1.82, 2.24) is 15.1 Å². The molecule has 0 radical (unpaired) electrons. The number of hydrogen-bond acceptors (Lipinski definition) is 5. The van der Waals surface area contributed by atoms with Crippen LogP contribution in [0.2, 0.25) is 0 Å². The van der Waals surface area contributed by atoms with Crippen LogP contribution in [0.3, 0.4) is 0 Å². The summed E-state index contributed by atoms with van der Waals surface area (Å²) in [5.41, 5.74) is 2.33. The summed E-state index contributed by atoms with van der Waals surface area (Å²) in [4.78, 5) is 27.8. The van der Waals surface area contributed by atoms with Crippen LogP contribution in [0.4, 0.5) is 0 Å². The molecule has 2 aromatic rings. The summed E-state index contributed by atoms with van der Waals surface area (Å²) in [7, 11) is 0. The lowest BCUT2D eigenvalue weighted by atomic mass is 10.0. The molecule has 6 nitrogen and oxygen atoms in total. The van der Waals surface area contributed by atoms with Gasteiger partial charge in [0, 0.05) is 42.4 Å². The quantitative estimate of drug-likeness (QED) is 0.232. The molecule has 172 valence electrons. The van der Waals surface area contributed by atoms with Crippen LogP contribution in [0.25, 0.3) is 10.8 Å². The van der Waals surface area contributed by atoms with Crippen molar-refractivity contribution < 1.29 is 9.59 Å². The van der Waals surface area contributed by atoms with E-state index >= 15 is 0 Å². The highest BCUT2D eigenvalue weighted by molar-refractivity contribution is 7.81. The molecule has 2 amide bonds. The number of fused-ring (bicyclic) bond motifs is 1. The summed E-state index contributed by atoms with van der Waals surface area (Å²) >= 11 is 4.21. The molecule has 1 aliphatic heterocycles. The summed E-state index contributed by atoms with van der Waals surface area (Å²) in [6, 6.07) is 13.8. The molecule has 32 heavy (non-hydrogen) atoms. The highest BCUT2D eigenvalue weighted by Crippen LogP contribution is 2.23. The van der Waals surface area contributed by atoms with Crippen LogP contribution in [0, 0.1) is 5.41 Å². The number of allylic oxidation sites excluding steroid dienone is 1. The van der Waals surface area contributed by atoms with Gasteiger partial charge in [0.05, 0.1) is 13.1 Å². The van der Waals surface area contributed by atoms with E-state index in [0.717, 1.165) is 34.9 Å². The van der Waals surface area contributed by atoms with Gasteiger partial charge in [-0.3, -0.25) is 9.59 Å². The van der Waals surface area contributed by atoms with Gasteiger partial charge in [-0.25, -0.2) is 0 Å². The Balaban J connectivity index is 0.00000176. The fraction of sp³-hybridized carbons (Fsp3) is 0.400. The number of nitrogens with one attached hydrogen (secondary N) is 2. The van der Waals surface area contributed by atoms with Gasteiger partial charge in [-0.1, -0.05) is 56.3 Å². The number of unbranched alkanes of at least 4 members (excludes halogenated alkanes) is 1. The highest BCUT2D eigenvalue weighted by Gasteiger charge is 2.26. The predicted octanol–water partition coefficient (Wildman–Crippen LogP) is 3.98. The molecule has 0 aromatic heterocycles. The molecule has 1 aliphatic rings. The van der Waals surface area contributed by atoms with Gasteiger partial charge in [0.25, 0.3) is 5.91 Å². The molecule has 1 saturated heterocycles. The number of carbonyl (C=O) groups excluding carboxylic acids is 2. The summed E-state index contributed by atoms with van der Waals surface area (Å²) in [6.07, 6.45) is 4.47. The zero-order valence-electron chi connectivity index (χ0n) is 19.0. The smallest absolute Gasteiger partial charge is 0.254 e. The lowest BCUT2D eigenvalue weighted by molar-refractivity contribution is -0.109. The van der Waals surface area contributed by atoms with Crippen LogP contribution >= 0.6 is 12.6 Å². The van der Waals surface area contributed by atoms with E-state index in [1.165, 1.54) is 0 Å². The third-order valence-corrected chi connectivity index (χ3v) is 5.65. The summed E-state index contributed by atoms with van der Waals surface area (Å²) in [5.74, 6) is 0.454. The van der Waals surface area contributed by atoms with E-state index in [4.69, 9.17) is 5.41 Å². The number of thiol groups is 1. The van der Waals surface area contributed by atoms with Crippen molar-refractivity contribution in [1.29, 1.82) is 5.41 Å². The third kappa shape index (κ3) is 6.85. The monoisotopic (exact) mass is 454 g/mol. The van der Waals surface area contributed by atoms with Crippen LogP contribution in [0.5, 0.6) is 0 Å². The molecule has 2 aromatic carbocycles. The minimum absolute atomic E-state index is 0.0317. The van der Waals surface area contributed by atoms with Crippen molar-refractivity contribution in [3.63, 3.8) is 0 Å². The molecule has 0 bridgehead atoms. The van der Waals surface area contributed by atoms with Crippen molar-refractivity contribution in [2.24, 2.45) is 0 Å². The van der Waals surface area contributed by atoms with Crippen LogP contribution < -0.4 is 5.32 Å². The molecule has 1 fully saturated rings. The van der Waals surface area contributed by atoms with E-state index in [1.54, 1.807) is 0 Å². The van der Waals surface area contributed by atoms with Gasteiger partial charge in [-0.2, -0.15) is 12.6 Å². The number of benzene rings is 2. The van der Waals surface area contributed by atoms with Crippen molar-refractivity contribution in [2.75, 3.05) is 38.5 Å². The highest BCUT2D eigenvalue weighted by atomic mass is 32.1. The average Bonchev–Trinajstić information content (AvgIpc) is 2.85. The molecule has 0 unspecified atom stereocenters. The maximum atomic E-state index is 13.3. The van der Waals surface area contributed by atoms with Crippen molar-refractivity contribution >= 4 is 41.4 Å². The van der Waals surface area contributed by atoms with E-state index in [2.05, 4.69) is 28.9 Å². The molecule has 3 rings (SSSR count). The van der Waals surface area contributed by atoms with Gasteiger partial charge in [0.15, 0.2) is 0 Å². The fourth-order valence-corrected chi connectivity index (χ4v) is 3.80. The predicted molar refractivity (Wildman–Crippen MR) is 136 cm³/mol. The maximum Gasteiger partial charge on any atom is 0.254 e. The van der Waals surface area contributed by atoms with Gasteiger partial charge < -0.3 is 20.5 Å². The first-order valence-corrected chi connectivity index (χ1v) is 11.8. The Morgan fingerprint density at radius 3 is 2.66 bits per heavy atom.